The van der Waals surface area contributed by atoms with Crippen molar-refractivity contribution in [2.75, 3.05) is 0 Å². The van der Waals surface area contributed by atoms with Crippen LogP contribution in [0, 0.1) is 13.8 Å². The molecule has 94 valence electrons. The van der Waals surface area contributed by atoms with Gasteiger partial charge in [0.1, 0.15) is 0 Å². The van der Waals surface area contributed by atoms with E-state index in [1.165, 1.54) is 10.4 Å². The zero-order valence-corrected chi connectivity index (χ0v) is 11.9. The third kappa shape index (κ3) is 2.88. The van der Waals surface area contributed by atoms with Gasteiger partial charge in [-0.2, -0.15) is 0 Å². The molecular weight excluding hydrogens is 240 g/mol. The van der Waals surface area contributed by atoms with Crippen molar-refractivity contribution in [3.05, 3.63) is 56.8 Å². The second kappa shape index (κ2) is 5.49. The molecule has 1 heterocycles. The fraction of sp³-hybridized carbons (Fsp3) is 0.312. The van der Waals surface area contributed by atoms with Crippen LogP contribution in [-0.4, -0.2) is 5.78 Å². The van der Waals surface area contributed by atoms with Crippen molar-refractivity contribution in [1.29, 1.82) is 0 Å². The summed E-state index contributed by atoms with van der Waals surface area (Å²) in [7, 11) is 0. The zero-order valence-electron chi connectivity index (χ0n) is 11.1. The maximum Gasteiger partial charge on any atom is 0.168 e. The Labute approximate surface area is 112 Å². The highest BCUT2D eigenvalue weighted by molar-refractivity contribution is 7.12. The molecule has 0 aliphatic carbocycles. The van der Waals surface area contributed by atoms with Gasteiger partial charge in [-0.05, 0) is 38.0 Å². The normalized spacial score (nSPS) is 10.6. The van der Waals surface area contributed by atoms with Crippen molar-refractivity contribution in [2.24, 2.45) is 0 Å². The van der Waals surface area contributed by atoms with E-state index in [4.69, 9.17) is 0 Å². The van der Waals surface area contributed by atoms with Gasteiger partial charge in [-0.1, -0.05) is 30.7 Å². The number of benzene rings is 1. The summed E-state index contributed by atoms with van der Waals surface area (Å²) in [5.74, 6) is 0.219. The molecule has 0 atom stereocenters. The SMILES string of the molecule is CCc1ccc(CC(=O)c2ccc(C)cc2C)s1. The molecule has 1 aromatic heterocycles. The van der Waals surface area contributed by atoms with Crippen LogP contribution in [0.2, 0.25) is 0 Å². The quantitative estimate of drug-likeness (QED) is 0.745. The van der Waals surface area contributed by atoms with Gasteiger partial charge < -0.3 is 0 Å². The lowest BCUT2D eigenvalue weighted by molar-refractivity contribution is 0.0993. The van der Waals surface area contributed by atoms with E-state index in [2.05, 4.69) is 25.1 Å². The molecule has 1 nitrogen and oxygen atoms in total. The molecule has 0 bridgehead atoms. The fourth-order valence-electron chi connectivity index (χ4n) is 2.09. The molecule has 0 unspecified atom stereocenters. The van der Waals surface area contributed by atoms with E-state index in [9.17, 15) is 4.79 Å². The van der Waals surface area contributed by atoms with Crippen molar-refractivity contribution in [3.8, 4) is 0 Å². The van der Waals surface area contributed by atoms with Crippen molar-refractivity contribution in [1.82, 2.24) is 0 Å². The first-order valence-electron chi connectivity index (χ1n) is 6.28. The van der Waals surface area contributed by atoms with Crippen LogP contribution < -0.4 is 0 Å². The number of aryl methyl sites for hydroxylation is 3. The van der Waals surface area contributed by atoms with Gasteiger partial charge in [0.2, 0.25) is 0 Å². The fourth-order valence-corrected chi connectivity index (χ4v) is 3.04. The highest BCUT2D eigenvalue weighted by atomic mass is 32.1. The summed E-state index contributed by atoms with van der Waals surface area (Å²) < 4.78 is 0. The van der Waals surface area contributed by atoms with Crippen molar-refractivity contribution in [3.63, 3.8) is 0 Å². The van der Waals surface area contributed by atoms with Crippen LogP contribution in [0.1, 0.15) is 38.2 Å². The molecule has 0 spiro atoms. The Morgan fingerprint density at radius 2 is 1.83 bits per heavy atom. The number of rotatable bonds is 4. The smallest absolute Gasteiger partial charge is 0.168 e. The van der Waals surface area contributed by atoms with E-state index >= 15 is 0 Å². The minimum absolute atomic E-state index is 0.219. The number of hydrogen-bond acceptors (Lipinski definition) is 2. The lowest BCUT2D eigenvalue weighted by atomic mass is 10.0. The van der Waals surface area contributed by atoms with Crippen molar-refractivity contribution >= 4 is 17.1 Å². The Morgan fingerprint density at radius 3 is 2.44 bits per heavy atom. The first-order chi connectivity index (χ1) is 8.60. The molecule has 0 radical (unpaired) electrons. The zero-order chi connectivity index (χ0) is 13.1. The summed E-state index contributed by atoms with van der Waals surface area (Å²) in [5, 5.41) is 0. The number of carbonyl (C=O) groups is 1. The summed E-state index contributed by atoms with van der Waals surface area (Å²) in [6.07, 6.45) is 1.57. The lowest BCUT2D eigenvalue weighted by Crippen LogP contribution is -2.04. The van der Waals surface area contributed by atoms with E-state index in [1.807, 2.05) is 26.0 Å². The summed E-state index contributed by atoms with van der Waals surface area (Å²) in [5.41, 5.74) is 3.13. The number of ketones is 1. The molecule has 0 N–H and O–H groups in total. The largest absolute Gasteiger partial charge is 0.294 e. The molecule has 2 heteroatoms. The number of hydrogen-bond donors (Lipinski definition) is 0. The van der Waals surface area contributed by atoms with Gasteiger partial charge >= 0.3 is 0 Å². The lowest BCUT2D eigenvalue weighted by Gasteiger charge is -2.05. The first-order valence-corrected chi connectivity index (χ1v) is 7.10. The predicted octanol–water partition coefficient (Wildman–Crippen LogP) is 4.35. The number of Topliss-reactive ketones (excluding diaryl/α,β-unsaturated/α-hetero) is 1. The minimum Gasteiger partial charge on any atom is -0.294 e. The highest BCUT2D eigenvalue weighted by Crippen LogP contribution is 2.20. The average Bonchev–Trinajstić information content (AvgIpc) is 2.76. The Hall–Kier alpha value is -1.41. The van der Waals surface area contributed by atoms with E-state index in [0.717, 1.165) is 22.4 Å². The highest BCUT2D eigenvalue weighted by Gasteiger charge is 2.11. The van der Waals surface area contributed by atoms with Crippen LogP contribution in [0.5, 0.6) is 0 Å². The molecule has 1 aromatic carbocycles. The number of carbonyl (C=O) groups excluding carboxylic acids is 1. The minimum atomic E-state index is 0.219. The molecule has 0 saturated heterocycles. The molecule has 2 rings (SSSR count). The summed E-state index contributed by atoms with van der Waals surface area (Å²) in [6.45, 7) is 6.20. The Morgan fingerprint density at radius 1 is 1.11 bits per heavy atom. The van der Waals surface area contributed by atoms with E-state index in [0.29, 0.717) is 6.42 Å². The topological polar surface area (TPSA) is 17.1 Å². The van der Waals surface area contributed by atoms with Gasteiger partial charge in [0, 0.05) is 21.7 Å². The van der Waals surface area contributed by atoms with Crippen LogP contribution in [0.3, 0.4) is 0 Å². The van der Waals surface area contributed by atoms with Gasteiger partial charge in [-0.3, -0.25) is 4.79 Å². The Bertz CT molecular complexity index is 566. The molecule has 0 aliphatic heterocycles. The van der Waals surface area contributed by atoms with Crippen LogP contribution >= 0.6 is 11.3 Å². The first kappa shape index (κ1) is 13.0. The maximum atomic E-state index is 12.3. The Kier molecular flexibility index (Phi) is 3.97. The molecule has 0 aliphatic rings. The molecule has 0 amide bonds. The molecule has 18 heavy (non-hydrogen) atoms. The van der Waals surface area contributed by atoms with Gasteiger partial charge in [-0.25, -0.2) is 0 Å². The average molecular weight is 258 g/mol. The molecule has 2 aromatic rings. The van der Waals surface area contributed by atoms with Gasteiger partial charge in [0.15, 0.2) is 5.78 Å². The molecular formula is C16H18OS. The van der Waals surface area contributed by atoms with Crippen LogP contribution in [0.15, 0.2) is 30.3 Å². The monoisotopic (exact) mass is 258 g/mol. The van der Waals surface area contributed by atoms with Crippen LogP contribution in [0.25, 0.3) is 0 Å². The maximum absolute atomic E-state index is 12.3. The summed E-state index contributed by atoms with van der Waals surface area (Å²) >= 11 is 1.74. The van der Waals surface area contributed by atoms with Gasteiger partial charge in [-0.15, -0.1) is 11.3 Å². The molecule has 0 fully saturated rings. The third-order valence-corrected chi connectivity index (χ3v) is 4.31. The van der Waals surface area contributed by atoms with E-state index in [-0.39, 0.29) is 5.78 Å². The van der Waals surface area contributed by atoms with Crippen molar-refractivity contribution in [2.45, 2.75) is 33.6 Å². The third-order valence-electron chi connectivity index (χ3n) is 3.08. The number of thiophene rings is 1. The van der Waals surface area contributed by atoms with Gasteiger partial charge in [0.05, 0.1) is 0 Å². The summed E-state index contributed by atoms with van der Waals surface area (Å²) in [4.78, 5) is 14.8. The second-order valence-corrected chi connectivity index (χ2v) is 5.89. The van der Waals surface area contributed by atoms with Crippen LogP contribution in [0.4, 0.5) is 0 Å². The van der Waals surface area contributed by atoms with E-state index < -0.39 is 0 Å². The van der Waals surface area contributed by atoms with Crippen LogP contribution in [-0.2, 0) is 12.8 Å². The second-order valence-electron chi connectivity index (χ2n) is 4.64. The van der Waals surface area contributed by atoms with E-state index in [1.54, 1.807) is 11.3 Å². The predicted molar refractivity (Wildman–Crippen MR) is 77.6 cm³/mol. The van der Waals surface area contributed by atoms with Crippen molar-refractivity contribution < 1.29 is 4.79 Å². The standard InChI is InChI=1S/C16H18OS/c1-4-13-6-7-14(18-13)10-16(17)15-8-5-11(2)9-12(15)3/h5-9H,4,10H2,1-3H3. The van der Waals surface area contributed by atoms with Gasteiger partial charge in [0.25, 0.3) is 0 Å². The Balaban J connectivity index is 2.16. The molecule has 0 saturated carbocycles. The summed E-state index contributed by atoms with van der Waals surface area (Å²) in [6, 6.07) is 10.2.